The minimum Gasteiger partial charge on any atom is -0.406 e. The molecule has 2 atom stereocenters. The highest BCUT2D eigenvalue weighted by molar-refractivity contribution is 5.93. The first-order valence-electron chi connectivity index (χ1n) is 7.92. The fourth-order valence-electron chi connectivity index (χ4n) is 2.13. The molecule has 3 N–H and O–H groups in total. The average molecular weight is 360 g/mol. The lowest BCUT2D eigenvalue weighted by molar-refractivity contribution is -0.885. The maximum absolute atomic E-state index is 12.2. The summed E-state index contributed by atoms with van der Waals surface area (Å²) in [5, 5.41) is 5.47. The number of carbonyl (C=O) groups is 2. The predicted octanol–water partition coefficient (Wildman–Crippen LogP) is 0.705. The van der Waals surface area contributed by atoms with Gasteiger partial charge in [-0.1, -0.05) is 0 Å². The standard InChI is InChI=1S/C16H20F3N3O3/c1-10(22(2)9-14(23)20-11-3-4-11)15(24)21-12-5-7-13(8-6-12)25-16(17,18)19/h5-8,10-11H,3-4,9H2,1-2H3,(H,20,23)(H,21,24)/p+1/t10-/m1/s1. The Morgan fingerprint density at radius 2 is 1.88 bits per heavy atom. The molecule has 138 valence electrons. The molecule has 0 aromatic heterocycles. The van der Waals surface area contributed by atoms with Crippen LogP contribution in [0.15, 0.2) is 24.3 Å². The van der Waals surface area contributed by atoms with E-state index >= 15 is 0 Å². The van der Waals surface area contributed by atoms with E-state index in [9.17, 15) is 22.8 Å². The van der Waals surface area contributed by atoms with Gasteiger partial charge in [0.1, 0.15) is 5.75 Å². The molecule has 1 saturated carbocycles. The van der Waals surface area contributed by atoms with Gasteiger partial charge in [-0.2, -0.15) is 0 Å². The lowest BCUT2D eigenvalue weighted by Crippen LogP contribution is -3.15. The Labute approximate surface area is 143 Å². The summed E-state index contributed by atoms with van der Waals surface area (Å²) in [5.74, 6) is -0.799. The molecule has 1 aromatic rings. The van der Waals surface area contributed by atoms with Crippen molar-refractivity contribution in [2.75, 3.05) is 18.9 Å². The quantitative estimate of drug-likeness (QED) is 0.671. The zero-order chi connectivity index (χ0) is 18.6. The van der Waals surface area contributed by atoms with Crippen molar-refractivity contribution >= 4 is 17.5 Å². The van der Waals surface area contributed by atoms with Crippen LogP contribution in [0, 0.1) is 0 Å². The Hall–Kier alpha value is -2.29. The highest BCUT2D eigenvalue weighted by Crippen LogP contribution is 2.23. The molecule has 1 fully saturated rings. The van der Waals surface area contributed by atoms with Gasteiger partial charge >= 0.3 is 6.36 Å². The predicted molar refractivity (Wildman–Crippen MR) is 84.1 cm³/mol. The first kappa shape index (κ1) is 19.0. The number of hydrogen-bond donors (Lipinski definition) is 3. The van der Waals surface area contributed by atoms with Crippen LogP contribution in [0.1, 0.15) is 19.8 Å². The first-order valence-corrected chi connectivity index (χ1v) is 7.92. The van der Waals surface area contributed by atoms with E-state index in [-0.39, 0.29) is 30.2 Å². The maximum atomic E-state index is 12.2. The fraction of sp³-hybridized carbons (Fsp3) is 0.500. The summed E-state index contributed by atoms with van der Waals surface area (Å²) in [7, 11) is 1.73. The summed E-state index contributed by atoms with van der Waals surface area (Å²) in [5.41, 5.74) is 0.349. The van der Waals surface area contributed by atoms with Crippen molar-refractivity contribution in [2.24, 2.45) is 0 Å². The molecule has 0 heterocycles. The third-order valence-corrected chi connectivity index (χ3v) is 3.87. The van der Waals surface area contributed by atoms with Crippen LogP contribution < -0.4 is 20.3 Å². The lowest BCUT2D eigenvalue weighted by Gasteiger charge is -2.20. The van der Waals surface area contributed by atoms with Crippen molar-refractivity contribution in [1.82, 2.24) is 5.32 Å². The Bertz CT molecular complexity index is 615. The Morgan fingerprint density at radius 1 is 1.28 bits per heavy atom. The number of quaternary nitrogens is 1. The van der Waals surface area contributed by atoms with Crippen LogP contribution in [0.3, 0.4) is 0 Å². The summed E-state index contributed by atoms with van der Waals surface area (Å²) in [4.78, 5) is 24.7. The van der Waals surface area contributed by atoms with Crippen LogP contribution in [-0.4, -0.2) is 43.9 Å². The number of likely N-dealkylation sites (N-methyl/N-ethyl adjacent to an activating group) is 1. The molecule has 1 aliphatic carbocycles. The van der Waals surface area contributed by atoms with Crippen molar-refractivity contribution in [3.05, 3.63) is 24.3 Å². The average Bonchev–Trinajstić information content (AvgIpc) is 3.30. The first-order chi connectivity index (χ1) is 11.6. The molecular weight excluding hydrogens is 339 g/mol. The molecule has 1 unspecified atom stereocenters. The van der Waals surface area contributed by atoms with Crippen LogP contribution in [0.4, 0.5) is 18.9 Å². The second-order valence-electron chi connectivity index (χ2n) is 6.15. The molecule has 1 aromatic carbocycles. The number of ether oxygens (including phenoxy) is 1. The number of halogens is 3. The van der Waals surface area contributed by atoms with Gasteiger partial charge in [0.05, 0.1) is 7.05 Å². The topological polar surface area (TPSA) is 71.9 Å². The smallest absolute Gasteiger partial charge is 0.406 e. The number of benzene rings is 1. The molecule has 0 radical (unpaired) electrons. The molecule has 0 bridgehead atoms. The van der Waals surface area contributed by atoms with Gasteiger partial charge in [-0.25, -0.2) is 0 Å². The minimum absolute atomic E-state index is 0.103. The van der Waals surface area contributed by atoms with Crippen molar-refractivity contribution in [3.8, 4) is 5.75 Å². The molecule has 2 rings (SSSR count). The van der Waals surface area contributed by atoms with Crippen molar-refractivity contribution < 1.29 is 32.4 Å². The van der Waals surface area contributed by atoms with E-state index in [2.05, 4.69) is 15.4 Å². The third kappa shape index (κ3) is 6.61. The SMILES string of the molecule is C[C@H](C(=O)Nc1ccc(OC(F)(F)F)cc1)[NH+](C)CC(=O)NC1CC1. The van der Waals surface area contributed by atoms with Gasteiger partial charge in [0.25, 0.3) is 11.8 Å². The van der Waals surface area contributed by atoms with Crippen molar-refractivity contribution in [3.63, 3.8) is 0 Å². The fourth-order valence-corrected chi connectivity index (χ4v) is 2.13. The number of hydrogen-bond acceptors (Lipinski definition) is 3. The Kier molecular flexibility index (Phi) is 5.89. The number of nitrogens with one attached hydrogen (secondary N) is 3. The monoisotopic (exact) mass is 360 g/mol. The second-order valence-corrected chi connectivity index (χ2v) is 6.15. The second kappa shape index (κ2) is 7.73. The van der Waals surface area contributed by atoms with E-state index < -0.39 is 12.4 Å². The van der Waals surface area contributed by atoms with Crippen molar-refractivity contribution in [2.45, 2.75) is 38.2 Å². The van der Waals surface area contributed by atoms with Gasteiger partial charge in [0, 0.05) is 11.7 Å². The zero-order valence-electron chi connectivity index (χ0n) is 13.9. The normalized spacial score (nSPS) is 16.7. The molecule has 6 nitrogen and oxygen atoms in total. The minimum atomic E-state index is -4.76. The summed E-state index contributed by atoms with van der Waals surface area (Å²) in [6.45, 7) is 1.85. The number of rotatable bonds is 7. The molecule has 25 heavy (non-hydrogen) atoms. The van der Waals surface area contributed by atoms with Gasteiger partial charge in [-0.15, -0.1) is 13.2 Å². The highest BCUT2D eigenvalue weighted by atomic mass is 19.4. The lowest BCUT2D eigenvalue weighted by atomic mass is 10.2. The molecule has 0 spiro atoms. The molecular formula is C16H21F3N3O3+. The van der Waals surface area contributed by atoms with E-state index in [4.69, 9.17) is 0 Å². The van der Waals surface area contributed by atoms with Crippen LogP contribution >= 0.6 is 0 Å². The zero-order valence-corrected chi connectivity index (χ0v) is 13.9. The number of anilines is 1. The van der Waals surface area contributed by atoms with Crippen molar-refractivity contribution in [1.29, 1.82) is 0 Å². The van der Waals surface area contributed by atoms with Gasteiger partial charge < -0.3 is 20.3 Å². The summed E-state index contributed by atoms with van der Waals surface area (Å²) in [6, 6.07) is 4.64. The molecule has 0 aliphatic heterocycles. The Balaban J connectivity index is 1.83. The van der Waals surface area contributed by atoms with Crippen LogP contribution in [-0.2, 0) is 9.59 Å². The molecule has 2 amide bonds. The van der Waals surface area contributed by atoms with E-state index in [1.165, 1.54) is 12.1 Å². The van der Waals surface area contributed by atoms with Gasteiger partial charge in [0.2, 0.25) is 0 Å². The summed E-state index contributed by atoms with van der Waals surface area (Å²) >= 11 is 0. The van der Waals surface area contributed by atoms with Gasteiger partial charge in [-0.3, -0.25) is 9.59 Å². The van der Waals surface area contributed by atoms with E-state index in [1.54, 1.807) is 14.0 Å². The van der Waals surface area contributed by atoms with Crippen LogP contribution in [0.25, 0.3) is 0 Å². The van der Waals surface area contributed by atoms with E-state index in [0.717, 1.165) is 25.0 Å². The molecule has 1 aliphatic rings. The highest BCUT2D eigenvalue weighted by Gasteiger charge is 2.31. The number of amides is 2. The maximum Gasteiger partial charge on any atom is 0.573 e. The van der Waals surface area contributed by atoms with E-state index in [1.807, 2.05) is 0 Å². The van der Waals surface area contributed by atoms with E-state index in [0.29, 0.717) is 10.6 Å². The largest absolute Gasteiger partial charge is 0.573 e. The summed E-state index contributed by atoms with van der Waals surface area (Å²) in [6.07, 6.45) is -2.77. The molecule has 9 heteroatoms. The number of alkyl halides is 3. The number of carbonyl (C=O) groups excluding carboxylic acids is 2. The summed E-state index contributed by atoms with van der Waals surface area (Å²) < 4.78 is 40.1. The Morgan fingerprint density at radius 3 is 2.40 bits per heavy atom. The van der Waals surface area contributed by atoms with Crippen LogP contribution in [0.2, 0.25) is 0 Å². The third-order valence-electron chi connectivity index (χ3n) is 3.87. The van der Waals surface area contributed by atoms with Gasteiger partial charge in [0.15, 0.2) is 12.6 Å². The molecule has 0 saturated heterocycles. The van der Waals surface area contributed by atoms with Gasteiger partial charge in [-0.05, 0) is 44.0 Å². The van der Waals surface area contributed by atoms with Crippen LogP contribution in [0.5, 0.6) is 5.75 Å².